The number of furan rings is 1. The molecule has 0 radical (unpaired) electrons. The van der Waals surface area contributed by atoms with Crippen molar-refractivity contribution in [1.82, 2.24) is 20.2 Å². The topological polar surface area (TPSA) is 116 Å². The molecular formula is C19H20N6O4. The van der Waals surface area contributed by atoms with Gasteiger partial charge >= 0.3 is 0 Å². The number of tetrazole rings is 1. The number of fused-ring (bicyclic) bond motifs is 1. The van der Waals surface area contributed by atoms with Crippen molar-refractivity contribution in [3.05, 3.63) is 53.1 Å². The first kappa shape index (κ1) is 18.5. The van der Waals surface area contributed by atoms with Crippen molar-refractivity contribution in [2.24, 2.45) is 0 Å². The summed E-state index contributed by atoms with van der Waals surface area (Å²) in [5.74, 6) is 2.46. The maximum absolute atomic E-state index is 13.3. The number of nitrogens with zero attached hydrogens (tertiary/aromatic N) is 4. The third kappa shape index (κ3) is 3.28. The van der Waals surface area contributed by atoms with Crippen molar-refractivity contribution >= 4 is 17.5 Å². The molecule has 0 bridgehead atoms. The molecule has 4 rings (SSSR count). The number of nitrogens with one attached hydrogen (secondary N) is 2. The second-order valence-electron chi connectivity index (χ2n) is 6.48. The summed E-state index contributed by atoms with van der Waals surface area (Å²) in [5.41, 5.74) is 1.52. The SMILES string of the molecule is COc1ccc(OC)c(NC(=O)C2=C(C)Nc3nnnn3[C@H]2c2ccc(C)o2)c1. The highest BCUT2D eigenvalue weighted by molar-refractivity contribution is 6.06. The Balaban J connectivity index is 1.75. The van der Waals surface area contributed by atoms with Gasteiger partial charge in [-0.05, 0) is 48.5 Å². The zero-order valence-electron chi connectivity index (χ0n) is 16.4. The van der Waals surface area contributed by atoms with Gasteiger partial charge in [0.1, 0.15) is 29.1 Å². The van der Waals surface area contributed by atoms with Crippen molar-refractivity contribution in [2.75, 3.05) is 24.9 Å². The minimum atomic E-state index is -0.619. The number of aryl methyl sites for hydroxylation is 1. The molecule has 1 aromatic carbocycles. The summed E-state index contributed by atoms with van der Waals surface area (Å²) >= 11 is 0. The minimum absolute atomic E-state index is 0.346. The number of hydrogen-bond acceptors (Lipinski definition) is 8. The van der Waals surface area contributed by atoms with E-state index in [2.05, 4.69) is 26.2 Å². The van der Waals surface area contributed by atoms with Crippen LogP contribution < -0.4 is 20.1 Å². The maximum atomic E-state index is 13.3. The van der Waals surface area contributed by atoms with Crippen LogP contribution in [0.15, 0.2) is 46.0 Å². The fraction of sp³-hybridized carbons (Fsp3) is 0.263. The third-order valence-electron chi connectivity index (χ3n) is 4.64. The number of allylic oxidation sites excluding steroid dienone is 1. The molecule has 1 aliphatic heterocycles. The Morgan fingerprint density at radius 3 is 2.72 bits per heavy atom. The molecule has 1 atom stereocenters. The van der Waals surface area contributed by atoms with Crippen molar-refractivity contribution < 1.29 is 18.7 Å². The van der Waals surface area contributed by atoms with Crippen LogP contribution in [0.5, 0.6) is 11.5 Å². The van der Waals surface area contributed by atoms with Gasteiger partial charge in [-0.1, -0.05) is 5.10 Å². The number of benzene rings is 1. The van der Waals surface area contributed by atoms with Crippen LogP contribution in [-0.4, -0.2) is 40.3 Å². The van der Waals surface area contributed by atoms with E-state index in [-0.39, 0.29) is 5.91 Å². The number of methoxy groups -OCH3 is 2. The molecule has 29 heavy (non-hydrogen) atoms. The number of hydrogen-bond donors (Lipinski definition) is 2. The first-order chi connectivity index (χ1) is 14.0. The van der Waals surface area contributed by atoms with E-state index in [4.69, 9.17) is 13.9 Å². The zero-order valence-corrected chi connectivity index (χ0v) is 16.4. The summed E-state index contributed by atoms with van der Waals surface area (Å²) in [7, 11) is 3.09. The number of carbonyl (C=O) groups is 1. The van der Waals surface area contributed by atoms with Gasteiger partial charge in [0.25, 0.3) is 5.91 Å². The number of carbonyl (C=O) groups excluding carboxylic acids is 1. The van der Waals surface area contributed by atoms with Crippen molar-refractivity contribution in [3.8, 4) is 11.5 Å². The molecule has 10 heteroatoms. The minimum Gasteiger partial charge on any atom is -0.497 e. The Morgan fingerprint density at radius 1 is 1.21 bits per heavy atom. The Morgan fingerprint density at radius 2 is 2.03 bits per heavy atom. The highest BCUT2D eigenvalue weighted by atomic mass is 16.5. The van der Waals surface area contributed by atoms with E-state index in [1.54, 1.807) is 32.2 Å². The second-order valence-corrected chi connectivity index (χ2v) is 6.48. The van der Waals surface area contributed by atoms with Crippen LogP contribution in [0.2, 0.25) is 0 Å². The Bertz CT molecular complexity index is 1100. The first-order valence-corrected chi connectivity index (χ1v) is 8.87. The van der Waals surface area contributed by atoms with Crippen molar-refractivity contribution in [2.45, 2.75) is 19.9 Å². The van der Waals surface area contributed by atoms with E-state index in [0.29, 0.717) is 40.2 Å². The highest BCUT2D eigenvalue weighted by Crippen LogP contribution is 2.36. The Labute approximate surface area is 166 Å². The molecule has 0 saturated carbocycles. The average molecular weight is 396 g/mol. The summed E-state index contributed by atoms with van der Waals surface area (Å²) in [4.78, 5) is 13.3. The molecule has 10 nitrogen and oxygen atoms in total. The van der Waals surface area contributed by atoms with Gasteiger partial charge in [0, 0.05) is 11.8 Å². The molecule has 1 amide bonds. The maximum Gasteiger partial charge on any atom is 0.256 e. The number of aromatic nitrogens is 4. The van der Waals surface area contributed by atoms with Crippen LogP contribution in [0, 0.1) is 6.92 Å². The molecule has 3 aromatic rings. The van der Waals surface area contributed by atoms with E-state index < -0.39 is 6.04 Å². The molecular weight excluding hydrogens is 376 g/mol. The van der Waals surface area contributed by atoms with Gasteiger partial charge in [0.2, 0.25) is 5.95 Å². The lowest BCUT2D eigenvalue weighted by molar-refractivity contribution is -0.113. The summed E-state index contributed by atoms with van der Waals surface area (Å²) in [6, 6.07) is 8.19. The molecule has 0 unspecified atom stereocenters. The lowest BCUT2D eigenvalue weighted by Crippen LogP contribution is -2.31. The number of anilines is 2. The molecule has 2 N–H and O–H groups in total. The first-order valence-electron chi connectivity index (χ1n) is 8.87. The van der Waals surface area contributed by atoms with E-state index in [1.165, 1.54) is 11.8 Å². The molecule has 0 saturated heterocycles. The molecule has 0 spiro atoms. The predicted octanol–water partition coefficient (Wildman–Crippen LogP) is 2.52. The highest BCUT2D eigenvalue weighted by Gasteiger charge is 2.36. The molecule has 0 aliphatic carbocycles. The Hall–Kier alpha value is -3.82. The van der Waals surface area contributed by atoms with E-state index >= 15 is 0 Å². The normalized spacial score (nSPS) is 15.5. The van der Waals surface area contributed by atoms with Crippen LogP contribution in [0.3, 0.4) is 0 Å². The average Bonchev–Trinajstić information content (AvgIpc) is 3.35. The van der Waals surface area contributed by atoms with Gasteiger partial charge in [-0.15, -0.1) is 0 Å². The molecule has 0 fully saturated rings. The third-order valence-corrected chi connectivity index (χ3v) is 4.64. The van der Waals surface area contributed by atoms with Crippen LogP contribution >= 0.6 is 0 Å². The monoisotopic (exact) mass is 396 g/mol. The van der Waals surface area contributed by atoms with Crippen LogP contribution in [0.1, 0.15) is 24.5 Å². The molecule has 1 aliphatic rings. The van der Waals surface area contributed by atoms with Crippen LogP contribution in [0.4, 0.5) is 11.6 Å². The van der Waals surface area contributed by atoms with Crippen molar-refractivity contribution in [1.29, 1.82) is 0 Å². The van der Waals surface area contributed by atoms with Crippen LogP contribution in [-0.2, 0) is 4.79 Å². The largest absolute Gasteiger partial charge is 0.497 e. The van der Waals surface area contributed by atoms with Gasteiger partial charge in [0.15, 0.2) is 0 Å². The lowest BCUT2D eigenvalue weighted by Gasteiger charge is -2.26. The summed E-state index contributed by atoms with van der Waals surface area (Å²) in [5, 5.41) is 17.7. The van der Waals surface area contributed by atoms with Gasteiger partial charge in [-0.3, -0.25) is 4.79 Å². The van der Waals surface area contributed by atoms with Crippen LogP contribution in [0.25, 0.3) is 0 Å². The Kier molecular flexibility index (Phi) is 4.67. The zero-order chi connectivity index (χ0) is 20.5. The smallest absolute Gasteiger partial charge is 0.256 e. The van der Waals surface area contributed by atoms with Gasteiger partial charge < -0.3 is 24.5 Å². The fourth-order valence-corrected chi connectivity index (χ4v) is 3.27. The molecule has 150 valence electrons. The quantitative estimate of drug-likeness (QED) is 0.676. The van der Waals surface area contributed by atoms with Gasteiger partial charge in [-0.25, -0.2) is 0 Å². The standard InChI is InChI=1S/C19H20N6O4/c1-10-5-7-15(29-10)17-16(11(2)20-19-22-23-24-25(17)19)18(26)21-13-9-12(27-3)6-8-14(13)28-4/h5-9,17H,1-4H3,(H,21,26)(H,20,22,24)/t17-/m0/s1. The van der Waals surface area contributed by atoms with E-state index in [0.717, 1.165) is 5.76 Å². The summed E-state index contributed by atoms with van der Waals surface area (Å²) in [6.45, 7) is 3.63. The second kappa shape index (κ2) is 7.30. The van der Waals surface area contributed by atoms with E-state index in [1.807, 2.05) is 19.1 Å². The molecule has 2 aromatic heterocycles. The lowest BCUT2D eigenvalue weighted by atomic mass is 10.00. The summed E-state index contributed by atoms with van der Waals surface area (Å²) < 4.78 is 17.9. The van der Waals surface area contributed by atoms with Gasteiger partial charge in [0.05, 0.1) is 25.5 Å². The number of rotatable bonds is 5. The predicted molar refractivity (Wildman–Crippen MR) is 104 cm³/mol. The van der Waals surface area contributed by atoms with Gasteiger partial charge in [-0.2, -0.15) is 4.68 Å². The van der Waals surface area contributed by atoms with E-state index in [9.17, 15) is 4.79 Å². The molecule has 3 heterocycles. The fourth-order valence-electron chi connectivity index (χ4n) is 3.27. The summed E-state index contributed by atoms with van der Waals surface area (Å²) in [6.07, 6.45) is 0. The number of ether oxygens (including phenoxy) is 2. The number of amides is 1. The van der Waals surface area contributed by atoms with Crippen molar-refractivity contribution in [3.63, 3.8) is 0 Å².